The van der Waals surface area contributed by atoms with Crippen molar-refractivity contribution in [1.82, 2.24) is 0 Å². The fourth-order valence-corrected chi connectivity index (χ4v) is 2.38. The second kappa shape index (κ2) is 7.76. The van der Waals surface area contributed by atoms with Crippen LogP contribution in [-0.2, 0) is 25.6 Å². The van der Waals surface area contributed by atoms with Gasteiger partial charge in [-0.3, -0.25) is 0 Å². The summed E-state index contributed by atoms with van der Waals surface area (Å²) in [5.41, 5.74) is 0.937. The second-order valence-electron chi connectivity index (χ2n) is 4.81. The molecule has 20 heavy (non-hydrogen) atoms. The molecule has 4 nitrogen and oxygen atoms in total. The van der Waals surface area contributed by atoms with Crippen molar-refractivity contribution < 1.29 is 19.0 Å². The van der Waals surface area contributed by atoms with Crippen LogP contribution in [0.5, 0.6) is 0 Å². The number of rotatable bonds is 6. The Labute approximate surface area is 127 Å². The summed E-state index contributed by atoms with van der Waals surface area (Å²) >= 11 is 3.42. The minimum atomic E-state index is -0.568. The highest BCUT2D eigenvalue weighted by Crippen LogP contribution is 2.17. The molecule has 1 saturated heterocycles. The molecule has 0 spiro atoms. The summed E-state index contributed by atoms with van der Waals surface area (Å²) in [6, 6.07) is 7.66. The van der Waals surface area contributed by atoms with E-state index < -0.39 is 6.10 Å². The van der Waals surface area contributed by atoms with Crippen molar-refractivity contribution in [3.8, 4) is 0 Å². The van der Waals surface area contributed by atoms with E-state index in [-0.39, 0.29) is 18.7 Å². The summed E-state index contributed by atoms with van der Waals surface area (Å²) in [5, 5.41) is 0. The van der Waals surface area contributed by atoms with Crippen LogP contribution in [0.2, 0.25) is 0 Å². The van der Waals surface area contributed by atoms with Crippen LogP contribution in [0, 0.1) is 0 Å². The smallest absolute Gasteiger partial charge is 0.335 e. The molecule has 0 aromatic heterocycles. The molecule has 0 radical (unpaired) electrons. The Hall–Kier alpha value is -0.910. The fourth-order valence-electron chi connectivity index (χ4n) is 1.98. The van der Waals surface area contributed by atoms with Crippen molar-refractivity contribution in [1.29, 1.82) is 0 Å². The number of hydrogen-bond donors (Lipinski definition) is 0. The van der Waals surface area contributed by atoms with E-state index in [1.807, 2.05) is 24.3 Å². The maximum absolute atomic E-state index is 11.8. The number of esters is 1. The van der Waals surface area contributed by atoms with Crippen LogP contribution in [-0.4, -0.2) is 31.4 Å². The van der Waals surface area contributed by atoms with Gasteiger partial charge in [0.25, 0.3) is 0 Å². The molecular formula is C15H19BrO4. The van der Waals surface area contributed by atoms with Gasteiger partial charge in [0, 0.05) is 16.6 Å². The van der Waals surface area contributed by atoms with Crippen LogP contribution in [0.25, 0.3) is 0 Å². The lowest BCUT2D eigenvalue weighted by Crippen LogP contribution is -2.27. The van der Waals surface area contributed by atoms with Gasteiger partial charge in [0.15, 0.2) is 6.10 Å². The Morgan fingerprint density at radius 2 is 2.30 bits per heavy atom. The summed E-state index contributed by atoms with van der Waals surface area (Å²) in [5.74, 6) is -0.348. The lowest BCUT2D eigenvalue weighted by molar-refractivity contribution is -0.159. The molecule has 0 N–H and O–H groups in total. The highest BCUT2D eigenvalue weighted by Gasteiger charge is 2.20. The molecule has 1 aromatic rings. The molecule has 1 aromatic carbocycles. The molecule has 0 aliphatic carbocycles. The highest BCUT2D eigenvalue weighted by atomic mass is 79.9. The normalized spacial score (nSPS) is 19.8. The van der Waals surface area contributed by atoms with E-state index in [1.54, 1.807) is 6.92 Å². The van der Waals surface area contributed by atoms with Gasteiger partial charge in [-0.1, -0.05) is 34.1 Å². The number of hydrogen-bond acceptors (Lipinski definition) is 4. The highest BCUT2D eigenvalue weighted by molar-refractivity contribution is 9.10. The van der Waals surface area contributed by atoms with Crippen molar-refractivity contribution in [3.63, 3.8) is 0 Å². The summed E-state index contributed by atoms with van der Waals surface area (Å²) in [6.45, 7) is 3.19. The first-order valence-electron chi connectivity index (χ1n) is 6.80. The van der Waals surface area contributed by atoms with Gasteiger partial charge in [0.2, 0.25) is 0 Å². The van der Waals surface area contributed by atoms with Gasteiger partial charge in [-0.15, -0.1) is 0 Å². The molecule has 1 fully saturated rings. The zero-order valence-corrected chi connectivity index (χ0v) is 13.1. The van der Waals surface area contributed by atoms with Gasteiger partial charge in [-0.05, 0) is 25.8 Å². The van der Waals surface area contributed by atoms with E-state index in [2.05, 4.69) is 15.9 Å². The third kappa shape index (κ3) is 4.58. The Morgan fingerprint density at radius 3 is 3.00 bits per heavy atom. The molecule has 2 rings (SSSR count). The van der Waals surface area contributed by atoms with E-state index in [0.717, 1.165) is 29.5 Å². The van der Waals surface area contributed by atoms with E-state index in [4.69, 9.17) is 14.2 Å². The Morgan fingerprint density at radius 1 is 1.50 bits per heavy atom. The molecule has 5 heteroatoms. The van der Waals surface area contributed by atoms with Crippen molar-refractivity contribution in [2.75, 3.05) is 13.2 Å². The van der Waals surface area contributed by atoms with E-state index in [0.29, 0.717) is 6.61 Å². The maximum Gasteiger partial charge on any atom is 0.335 e. The second-order valence-corrected chi connectivity index (χ2v) is 5.66. The van der Waals surface area contributed by atoms with Gasteiger partial charge in [-0.2, -0.15) is 0 Å². The average Bonchev–Trinajstić information content (AvgIpc) is 2.97. The Balaban J connectivity index is 1.72. The van der Waals surface area contributed by atoms with Gasteiger partial charge in [0.1, 0.15) is 6.61 Å². The zero-order chi connectivity index (χ0) is 14.4. The minimum absolute atomic E-state index is 0.119. The van der Waals surface area contributed by atoms with Crippen LogP contribution >= 0.6 is 15.9 Å². The van der Waals surface area contributed by atoms with Crippen LogP contribution in [0.15, 0.2) is 28.7 Å². The average molecular weight is 343 g/mol. The third-order valence-corrected chi connectivity index (χ3v) is 3.99. The molecular weight excluding hydrogens is 324 g/mol. The predicted octanol–water partition coefficient (Wildman–Crippen LogP) is 3.08. The molecule has 1 heterocycles. The monoisotopic (exact) mass is 342 g/mol. The van der Waals surface area contributed by atoms with E-state index >= 15 is 0 Å². The van der Waals surface area contributed by atoms with Crippen molar-refractivity contribution >= 4 is 21.9 Å². The van der Waals surface area contributed by atoms with Crippen LogP contribution in [0.4, 0.5) is 0 Å². The van der Waals surface area contributed by atoms with Crippen molar-refractivity contribution in [2.45, 2.75) is 38.6 Å². The lowest BCUT2D eigenvalue weighted by Gasteiger charge is -2.15. The standard InChI is InChI=1S/C15H19BrO4/c1-11(19-10-13-6-4-8-18-13)15(17)20-9-12-5-2-3-7-14(12)16/h2-3,5,7,11,13H,4,6,8-10H2,1H3. The zero-order valence-electron chi connectivity index (χ0n) is 11.5. The van der Waals surface area contributed by atoms with Crippen LogP contribution < -0.4 is 0 Å². The van der Waals surface area contributed by atoms with E-state index in [9.17, 15) is 4.79 Å². The molecule has 0 bridgehead atoms. The molecule has 0 saturated carbocycles. The van der Waals surface area contributed by atoms with Gasteiger partial charge < -0.3 is 14.2 Å². The topological polar surface area (TPSA) is 44.8 Å². The number of carbonyl (C=O) groups excluding carboxylic acids is 1. The summed E-state index contributed by atoms with van der Waals surface area (Å²) in [4.78, 5) is 11.8. The number of ether oxygens (including phenoxy) is 3. The van der Waals surface area contributed by atoms with Crippen molar-refractivity contribution in [3.05, 3.63) is 34.3 Å². The van der Waals surface area contributed by atoms with Crippen LogP contribution in [0.3, 0.4) is 0 Å². The van der Waals surface area contributed by atoms with Crippen molar-refractivity contribution in [2.24, 2.45) is 0 Å². The lowest BCUT2D eigenvalue weighted by atomic mass is 10.2. The molecule has 1 aliphatic heterocycles. The summed E-state index contributed by atoms with van der Waals surface area (Å²) < 4.78 is 17.1. The Kier molecular flexibility index (Phi) is 6.01. The predicted molar refractivity (Wildman–Crippen MR) is 78.3 cm³/mol. The molecule has 110 valence electrons. The Bertz CT molecular complexity index is 443. The van der Waals surface area contributed by atoms with Gasteiger partial charge in [-0.25, -0.2) is 4.79 Å². The SMILES string of the molecule is CC(OCC1CCCO1)C(=O)OCc1ccccc1Br. The van der Waals surface area contributed by atoms with E-state index in [1.165, 1.54) is 0 Å². The molecule has 1 aliphatic rings. The largest absolute Gasteiger partial charge is 0.459 e. The van der Waals surface area contributed by atoms with Gasteiger partial charge >= 0.3 is 5.97 Å². The number of benzene rings is 1. The minimum Gasteiger partial charge on any atom is -0.459 e. The summed E-state index contributed by atoms with van der Waals surface area (Å²) in [7, 11) is 0. The van der Waals surface area contributed by atoms with Crippen LogP contribution in [0.1, 0.15) is 25.3 Å². The first-order valence-corrected chi connectivity index (χ1v) is 7.59. The quantitative estimate of drug-likeness (QED) is 0.745. The third-order valence-electron chi connectivity index (χ3n) is 3.22. The fraction of sp³-hybridized carbons (Fsp3) is 0.533. The molecule has 0 amide bonds. The first-order chi connectivity index (χ1) is 9.66. The molecule has 2 unspecified atom stereocenters. The number of halogens is 1. The maximum atomic E-state index is 11.8. The molecule has 2 atom stereocenters. The summed E-state index contributed by atoms with van der Waals surface area (Å²) in [6.07, 6.45) is 1.61. The first kappa shape index (κ1) is 15.5. The number of carbonyl (C=O) groups is 1. The van der Waals surface area contributed by atoms with Gasteiger partial charge in [0.05, 0.1) is 12.7 Å².